The molecule has 0 radical (unpaired) electrons. The Balaban J connectivity index is 2.21. The third-order valence-electron chi connectivity index (χ3n) is 2.37. The normalized spacial score (nSPS) is 10.1. The fraction of sp³-hybridized carbons (Fsp3) is 0.0909. The Bertz CT molecular complexity index is 606. The summed E-state index contributed by atoms with van der Waals surface area (Å²) in [6.45, 7) is 0. The van der Waals surface area contributed by atoms with E-state index in [1.165, 1.54) is 24.3 Å². The number of carbonyl (C=O) groups excluding carboxylic acids is 1. The molecule has 0 aliphatic rings. The molecule has 2 rings (SSSR count). The molecule has 92 valence electrons. The minimum atomic E-state index is -0.544. The standard InChI is InChI=1S/C11H10N4O3/c1-14-6-5-12-11(14)13-10(16)8-3-2-4-9(7-8)15(17)18/h2-7H,1H3,(H,12,13,16). The lowest BCUT2D eigenvalue weighted by atomic mass is 10.2. The molecule has 7 nitrogen and oxygen atoms in total. The molecule has 1 amide bonds. The number of aromatic nitrogens is 2. The van der Waals surface area contributed by atoms with Gasteiger partial charge in [0, 0.05) is 37.1 Å². The molecule has 1 N–H and O–H groups in total. The zero-order valence-corrected chi connectivity index (χ0v) is 9.53. The van der Waals surface area contributed by atoms with Crippen LogP contribution in [0.5, 0.6) is 0 Å². The summed E-state index contributed by atoms with van der Waals surface area (Å²) in [5, 5.41) is 13.2. The van der Waals surface area contributed by atoms with Gasteiger partial charge >= 0.3 is 0 Å². The van der Waals surface area contributed by atoms with Crippen LogP contribution in [0.15, 0.2) is 36.7 Å². The van der Waals surface area contributed by atoms with Crippen LogP contribution in [0.4, 0.5) is 11.6 Å². The number of hydrogen-bond acceptors (Lipinski definition) is 4. The maximum atomic E-state index is 11.9. The molecule has 1 aromatic heterocycles. The van der Waals surface area contributed by atoms with Crippen molar-refractivity contribution < 1.29 is 9.72 Å². The molecule has 18 heavy (non-hydrogen) atoms. The summed E-state index contributed by atoms with van der Waals surface area (Å²) in [4.78, 5) is 25.8. The molecule has 0 bridgehead atoms. The maximum Gasteiger partial charge on any atom is 0.270 e. The SMILES string of the molecule is Cn1ccnc1NC(=O)c1cccc([N+](=O)[O-])c1. The smallest absolute Gasteiger partial charge is 0.270 e. The van der Waals surface area contributed by atoms with Crippen LogP contribution in [0.25, 0.3) is 0 Å². The summed E-state index contributed by atoms with van der Waals surface area (Å²) in [5.41, 5.74) is 0.0923. The highest BCUT2D eigenvalue weighted by Gasteiger charge is 2.12. The minimum absolute atomic E-state index is 0.123. The topological polar surface area (TPSA) is 90.1 Å². The van der Waals surface area contributed by atoms with Crippen molar-refractivity contribution >= 4 is 17.5 Å². The lowest BCUT2D eigenvalue weighted by molar-refractivity contribution is -0.384. The Morgan fingerprint density at radius 3 is 2.89 bits per heavy atom. The highest BCUT2D eigenvalue weighted by molar-refractivity contribution is 6.03. The van der Waals surface area contributed by atoms with E-state index in [-0.39, 0.29) is 11.3 Å². The number of nitro groups is 1. The Labute approximate surface area is 102 Å². The number of benzene rings is 1. The van der Waals surface area contributed by atoms with Crippen LogP contribution in [-0.2, 0) is 7.05 Å². The average Bonchev–Trinajstić information content (AvgIpc) is 2.75. The zero-order chi connectivity index (χ0) is 13.1. The van der Waals surface area contributed by atoms with E-state index >= 15 is 0 Å². The fourth-order valence-corrected chi connectivity index (χ4v) is 1.42. The first-order chi connectivity index (χ1) is 8.58. The van der Waals surface area contributed by atoms with E-state index in [0.717, 1.165) is 0 Å². The molecular weight excluding hydrogens is 236 g/mol. The number of anilines is 1. The van der Waals surface area contributed by atoms with Crippen LogP contribution in [0.3, 0.4) is 0 Å². The molecule has 0 spiro atoms. The minimum Gasteiger partial charge on any atom is -0.320 e. The van der Waals surface area contributed by atoms with E-state index in [0.29, 0.717) is 5.95 Å². The van der Waals surface area contributed by atoms with Crippen LogP contribution in [-0.4, -0.2) is 20.4 Å². The van der Waals surface area contributed by atoms with Gasteiger partial charge in [0.25, 0.3) is 11.6 Å². The van der Waals surface area contributed by atoms with E-state index in [1.54, 1.807) is 24.0 Å². The second-order valence-electron chi connectivity index (χ2n) is 3.62. The number of rotatable bonds is 3. The van der Waals surface area contributed by atoms with Crippen LogP contribution in [0.1, 0.15) is 10.4 Å². The summed E-state index contributed by atoms with van der Waals surface area (Å²) < 4.78 is 1.63. The third kappa shape index (κ3) is 2.34. The van der Waals surface area contributed by atoms with Crippen molar-refractivity contribution in [2.24, 2.45) is 7.05 Å². The molecule has 0 fully saturated rings. The summed E-state index contributed by atoms with van der Waals surface area (Å²) >= 11 is 0. The van der Waals surface area contributed by atoms with Crippen molar-refractivity contribution in [2.75, 3.05) is 5.32 Å². The van der Waals surface area contributed by atoms with Crippen molar-refractivity contribution in [1.82, 2.24) is 9.55 Å². The van der Waals surface area contributed by atoms with Crippen LogP contribution >= 0.6 is 0 Å². The molecule has 0 unspecified atom stereocenters. The van der Waals surface area contributed by atoms with E-state index in [9.17, 15) is 14.9 Å². The molecule has 1 aromatic carbocycles. The highest BCUT2D eigenvalue weighted by Crippen LogP contribution is 2.14. The van der Waals surface area contributed by atoms with Gasteiger partial charge in [0.15, 0.2) is 0 Å². The number of nitrogens with one attached hydrogen (secondary N) is 1. The number of non-ortho nitro benzene ring substituents is 1. The van der Waals surface area contributed by atoms with E-state index in [4.69, 9.17) is 0 Å². The van der Waals surface area contributed by atoms with E-state index < -0.39 is 10.8 Å². The first-order valence-corrected chi connectivity index (χ1v) is 5.11. The van der Waals surface area contributed by atoms with Crippen LogP contribution < -0.4 is 5.32 Å². The molecule has 0 saturated carbocycles. The highest BCUT2D eigenvalue weighted by atomic mass is 16.6. The van der Waals surface area contributed by atoms with E-state index in [2.05, 4.69) is 10.3 Å². The predicted molar refractivity (Wildman–Crippen MR) is 64.3 cm³/mol. The van der Waals surface area contributed by atoms with Gasteiger partial charge in [-0.1, -0.05) is 6.07 Å². The van der Waals surface area contributed by atoms with Gasteiger partial charge in [-0.15, -0.1) is 0 Å². The lowest BCUT2D eigenvalue weighted by Gasteiger charge is -2.04. The Kier molecular flexibility index (Phi) is 3.05. The van der Waals surface area contributed by atoms with Crippen LogP contribution in [0.2, 0.25) is 0 Å². The molecule has 0 atom stereocenters. The Morgan fingerprint density at radius 1 is 1.50 bits per heavy atom. The number of aryl methyl sites for hydroxylation is 1. The Hall–Kier alpha value is -2.70. The second-order valence-corrected chi connectivity index (χ2v) is 3.62. The van der Waals surface area contributed by atoms with Crippen molar-refractivity contribution in [1.29, 1.82) is 0 Å². The largest absolute Gasteiger partial charge is 0.320 e. The summed E-state index contributed by atoms with van der Waals surface area (Å²) in [5.74, 6) is -0.0560. The average molecular weight is 246 g/mol. The lowest BCUT2D eigenvalue weighted by Crippen LogP contribution is -2.15. The molecule has 0 aliphatic carbocycles. The van der Waals surface area contributed by atoms with Gasteiger partial charge in [-0.05, 0) is 6.07 Å². The summed E-state index contributed by atoms with van der Waals surface area (Å²) in [7, 11) is 1.73. The number of amides is 1. The summed E-state index contributed by atoms with van der Waals surface area (Å²) in [6, 6.07) is 5.52. The molecule has 2 aromatic rings. The van der Waals surface area contributed by atoms with Gasteiger partial charge in [-0.3, -0.25) is 20.2 Å². The zero-order valence-electron chi connectivity index (χ0n) is 9.53. The fourth-order valence-electron chi connectivity index (χ4n) is 1.42. The van der Waals surface area contributed by atoms with Gasteiger partial charge < -0.3 is 4.57 Å². The maximum absolute atomic E-state index is 11.9. The van der Waals surface area contributed by atoms with Crippen molar-refractivity contribution in [3.8, 4) is 0 Å². The first-order valence-electron chi connectivity index (χ1n) is 5.11. The van der Waals surface area contributed by atoms with Gasteiger partial charge in [-0.2, -0.15) is 0 Å². The van der Waals surface area contributed by atoms with Gasteiger partial charge in [0.05, 0.1) is 4.92 Å². The molecule has 0 aliphatic heterocycles. The first kappa shape index (κ1) is 11.8. The molecular formula is C11H10N4O3. The predicted octanol–water partition coefficient (Wildman–Crippen LogP) is 1.58. The third-order valence-corrected chi connectivity index (χ3v) is 2.37. The van der Waals surface area contributed by atoms with Crippen molar-refractivity contribution in [3.05, 3.63) is 52.3 Å². The molecule has 7 heteroatoms. The number of carbonyl (C=O) groups is 1. The van der Waals surface area contributed by atoms with Crippen molar-refractivity contribution in [3.63, 3.8) is 0 Å². The number of nitrogens with zero attached hydrogens (tertiary/aromatic N) is 3. The second kappa shape index (κ2) is 4.66. The van der Waals surface area contributed by atoms with E-state index in [1.807, 2.05) is 0 Å². The van der Waals surface area contributed by atoms with Gasteiger partial charge in [0.2, 0.25) is 5.95 Å². The number of hydrogen-bond donors (Lipinski definition) is 1. The summed E-state index contributed by atoms with van der Waals surface area (Å²) in [6.07, 6.45) is 3.23. The van der Waals surface area contributed by atoms with Gasteiger partial charge in [0.1, 0.15) is 0 Å². The van der Waals surface area contributed by atoms with Crippen molar-refractivity contribution in [2.45, 2.75) is 0 Å². The monoisotopic (exact) mass is 246 g/mol. The molecule has 0 saturated heterocycles. The van der Waals surface area contributed by atoms with Crippen LogP contribution in [0, 0.1) is 10.1 Å². The Morgan fingerprint density at radius 2 is 2.28 bits per heavy atom. The van der Waals surface area contributed by atoms with Gasteiger partial charge in [-0.25, -0.2) is 4.98 Å². The quantitative estimate of drug-likeness (QED) is 0.657. The number of nitro benzene ring substituents is 1. The number of imidazole rings is 1. The molecule has 1 heterocycles.